The molecule has 0 aliphatic rings. The van der Waals surface area contributed by atoms with Gasteiger partial charge in [-0.1, -0.05) is 48.5 Å². The zero-order chi connectivity index (χ0) is 14.8. The van der Waals surface area contributed by atoms with Crippen molar-refractivity contribution in [3.8, 4) is 16.9 Å². The highest BCUT2D eigenvalue weighted by Crippen LogP contribution is 2.31. The lowest BCUT2D eigenvalue weighted by molar-refractivity contribution is -0.116. The van der Waals surface area contributed by atoms with Gasteiger partial charge in [-0.15, -0.1) is 0 Å². The summed E-state index contributed by atoms with van der Waals surface area (Å²) in [6.45, 7) is 1.61. The van der Waals surface area contributed by atoms with Crippen LogP contribution in [0.1, 0.15) is 12.5 Å². The second-order valence-corrected chi connectivity index (χ2v) is 5.25. The van der Waals surface area contributed by atoms with Gasteiger partial charge in [0.1, 0.15) is 11.5 Å². The minimum Gasteiger partial charge on any atom is -0.507 e. The molecule has 0 heterocycles. The smallest absolute Gasteiger partial charge is 0.134 e. The molecule has 21 heavy (non-hydrogen) atoms. The standard InChI is InChI=1S/C19H16O2/c1-13(20)11-14-5-2-3-7-17(14)16-9-10-18-15(12-16)6-4-8-19(18)21/h2-10,12,21H,11H2,1H3. The van der Waals surface area contributed by atoms with Crippen LogP contribution in [0.4, 0.5) is 0 Å². The molecule has 104 valence electrons. The Balaban J connectivity index is 2.15. The van der Waals surface area contributed by atoms with Crippen molar-refractivity contribution in [1.82, 2.24) is 0 Å². The molecule has 0 aliphatic carbocycles. The van der Waals surface area contributed by atoms with Crippen LogP contribution in [0.2, 0.25) is 0 Å². The Morgan fingerprint density at radius 2 is 1.81 bits per heavy atom. The summed E-state index contributed by atoms with van der Waals surface area (Å²) in [4.78, 5) is 11.4. The molecule has 3 rings (SSSR count). The topological polar surface area (TPSA) is 37.3 Å². The fourth-order valence-electron chi connectivity index (χ4n) is 2.66. The average molecular weight is 276 g/mol. The number of carbonyl (C=O) groups is 1. The van der Waals surface area contributed by atoms with Crippen molar-refractivity contribution in [1.29, 1.82) is 0 Å². The van der Waals surface area contributed by atoms with E-state index < -0.39 is 0 Å². The zero-order valence-corrected chi connectivity index (χ0v) is 11.8. The van der Waals surface area contributed by atoms with E-state index in [1.807, 2.05) is 54.6 Å². The Kier molecular flexibility index (Phi) is 3.44. The Morgan fingerprint density at radius 1 is 1.00 bits per heavy atom. The number of phenols is 1. The highest BCUT2D eigenvalue weighted by molar-refractivity contribution is 5.92. The predicted molar refractivity (Wildman–Crippen MR) is 85.4 cm³/mol. The van der Waals surface area contributed by atoms with E-state index in [2.05, 4.69) is 0 Å². The van der Waals surface area contributed by atoms with Crippen molar-refractivity contribution in [2.75, 3.05) is 0 Å². The van der Waals surface area contributed by atoms with Crippen LogP contribution < -0.4 is 0 Å². The Labute approximate surface area is 123 Å². The molecule has 0 bridgehead atoms. The summed E-state index contributed by atoms with van der Waals surface area (Å²) < 4.78 is 0. The third-order valence-electron chi connectivity index (χ3n) is 3.63. The summed E-state index contributed by atoms with van der Waals surface area (Å²) in [5.74, 6) is 0.442. The summed E-state index contributed by atoms with van der Waals surface area (Å²) >= 11 is 0. The third-order valence-corrected chi connectivity index (χ3v) is 3.63. The average Bonchev–Trinajstić information content (AvgIpc) is 2.47. The van der Waals surface area contributed by atoms with Crippen molar-refractivity contribution >= 4 is 16.6 Å². The number of benzene rings is 3. The minimum atomic E-state index is 0.154. The lowest BCUT2D eigenvalue weighted by atomic mass is 9.95. The molecule has 0 fully saturated rings. The van der Waals surface area contributed by atoms with E-state index in [-0.39, 0.29) is 11.5 Å². The van der Waals surface area contributed by atoms with E-state index in [0.717, 1.165) is 27.5 Å². The monoisotopic (exact) mass is 276 g/mol. The van der Waals surface area contributed by atoms with Gasteiger partial charge < -0.3 is 5.11 Å². The Hall–Kier alpha value is -2.61. The van der Waals surface area contributed by atoms with Gasteiger partial charge in [0.05, 0.1) is 0 Å². The van der Waals surface area contributed by atoms with E-state index in [9.17, 15) is 9.90 Å². The molecule has 0 unspecified atom stereocenters. The first-order valence-electron chi connectivity index (χ1n) is 6.94. The first-order chi connectivity index (χ1) is 10.1. The molecule has 0 atom stereocenters. The van der Waals surface area contributed by atoms with Crippen LogP contribution in [-0.2, 0) is 11.2 Å². The van der Waals surface area contributed by atoms with Crippen LogP contribution in [-0.4, -0.2) is 10.9 Å². The van der Waals surface area contributed by atoms with Crippen LogP contribution in [0.15, 0.2) is 60.7 Å². The number of ketones is 1. The van der Waals surface area contributed by atoms with Gasteiger partial charge in [-0.2, -0.15) is 0 Å². The SMILES string of the molecule is CC(=O)Cc1ccccc1-c1ccc2c(O)cccc2c1. The summed E-state index contributed by atoms with van der Waals surface area (Å²) in [6, 6.07) is 19.4. The molecule has 0 amide bonds. The fraction of sp³-hybridized carbons (Fsp3) is 0.105. The maximum Gasteiger partial charge on any atom is 0.134 e. The van der Waals surface area contributed by atoms with E-state index in [4.69, 9.17) is 0 Å². The largest absolute Gasteiger partial charge is 0.507 e. The number of fused-ring (bicyclic) bond motifs is 1. The van der Waals surface area contributed by atoms with Crippen LogP contribution in [0.5, 0.6) is 5.75 Å². The van der Waals surface area contributed by atoms with Crippen molar-refractivity contribution in [2.45, 2.75) is 13.3 Å². The van der Waals surface area contributed by atoms with E-state index in [1.54, 1.807) is 13.0 Å². The molecule has 0 radical (unpaired) electrons. The van der Waals surface area contributed by atoms with Gasteiger partial charge >= 0.3 is 0 Å². The minimum absolute atomic E-state index is 0.154. The van der Waals surface area contributed by atoms with Crippen molar-refractivity contribution in [2.24, 2.45) is 0 Å². The van der Waals surface area contributed by atoms with Crippen LogP contribution in [0.3, 0.4) is 0 Å². The van der Waals surface area contributed by atoms with Crippen molar-refractivity contribution in [3.05, 3.63) is 66.2 Å². The van der Waals surface area contributed by atoms with E-state index >= 15 is 0 Å². The van der Waals surface area contributed by atoms with Gasteiger partial charge in [-0.25, -0.2) is 0 Å². The highest BCUT2D eigenvalue weighted by atomic mass is 16.3. The van der Waals surface area contributed by atoms with Crippen molar-refractivity contribution < 1.29 is 9.90 Å². The lowest BCUT2D eigenvalue weighted by Gasteiger charge is -2.10. The second-order valence-electron chi connectivity index (χ2n) is 5.25. The molecule has 2 nitrogen and oxygen atoms in total. The Morgan fingerprint density at radius 3 is 2.62 bits per heavy atom. The maximum absolute atomic E-state index is 11.4. The fourth-order valence-corrected chi connectivity index (χ4v) is 2.66. The molecular weight excluding hydrogens is 260 g/mol. The van der Waals surface area contributed by atoms with Crippen LogP contribution in [0.25, 0.3) is 21.9 Å². The summed E-state index contributed by atoms with van der Waals surface area (Å²) in [5.41, 5.74) is 3.16. The third kappa shape index (κ3) is 2.65. The number of hydrogen-bond acceptors (Lipinski definition) is 2. The number of Topliss-reactive ketones (excluding diaryl/α,β-unsaturated/α-hetero) is 1. The number of phenolic OH excluding ortho intramolecular Hbond substituents is 1. The van der Waals surface area contributed by atoms with Gasteiger partial charge in [0, 0.05) is 11.8 Å². The van der Waals surface area contributed by atoms with Gasteiger partial charge in [-0.3, -0.25) is 4.79 Å². The van der Waals surface area contributed by atoms with Gasteiger partial charge in [-0.05, 0) is 41.1 Å². The molecule has 0 aliphatic heterocycles. The lowest BCUT2D eigenvalue weighted by Crippen LogP contribution is -1.98. The molecule has 3 aromatic carbocycles. The highest BCUT2D eigenvalue weighted by Gasteiger charge is 2.08. The second kappa shape index (κ2) is 5.41. The number of rotatable bonds is 3. The Bertz CT molecular complexity index is 819. The molecule has 3 aromatic rings. The number of aromatic hydroxyl groups is 1. The van der Waals surface area contributed by atoms with Gasteiger partial charge in [0.15, 0.2) is 0 Å². The molecule has 0 saturated heterocycles. The molecule has 0 spiro atoms. The first-order valence-corrected chi connectivity index (χ1v) is 6.94. The van der Waals surface area contributed by atoms with Crippen LogP contribution >= 0.6 is 0 Å². The predicted octanol–water partition coefficient (Wildman–Crippen LogP) is 4.34. The number of hydrogen-bond donors (Lipinski definition) is 1. The zero-order valence-electron chi connectivity index (χ0n) is 11.8. The molecule has 2 heteroatoms. The summed E-state index contributed by atoms with van der Waals surface area (Å²) in [6.07, 6.45) is 0.439. The normalized spacial score (nSPS) is 10.7. The molecule has 1 N–H and O–H groups in total. The maximum atomic E-state index is 11.4. The molecular formula is C19H16O2. The molecule has 0 aromatic heterocycles. The van der Waals surface area contributed by atoms with E-state index in [1.165, 1.54) is 0 Å². The summed E-state index contributed by atoms with van der Waals surface area (Å²) in [5, 5.41) is 11.7. The number of carbonyl (C=O) groups excluding carboxylic acids is 1. The van der Waals surface area contributed by atoms with Crippen molar-refractivity contribution in [3.63, 3.8) is 0 Å². The van der Waals surface area contributed by atoms with Gasteiger partial charge in [0.2, 0.25) is 0 Å². The van der Waals surface area contributed by atoms with Crippen LogP contribution in [0, 0.1) is 0 Å². The van der Waals surface area contributed by atoms with E-state index in [0.29, 0.717) is 6.42 Å². The quantitative estimate of drug-likeness (QED) is 0.772. The first kappa shape index (κ1) is 13.4. The van der Waals surface area contributed by atoms with Gasteiger partial charge in [0.25, 0.3) is 0 Å². The molecule has 0 saturated carbocycles. The summed E-state index contributed by atoms with van der Waals surface area (Å²) in [7, 11) is 0.